The molecule has 146 valence electrons. The van der Waals surface area contributed by atoms with Gasteiger partial charge in [-0.1, -0.05) is 42.3 Å². The summed E-state index contributed by atoms with van der Waals surface area (Å²) in [6, 6.07) is 6.41. The van der Waals surface area contributed by atoms with E-state index in [0.717, 1.165) is 46.6 Å². The number of aromatic nitrogens is 3. The molecule has 1 fully saturated rings. The molecule has 0 bridgehead atoms. The van der Waals surface area contributed by atoms with Crippen LogP contribution >= 0.6 is 35.6 Å². The van der Waals surface area contributed by atoms with Crippen LogP contribution in [0.3, 0.4) is 0 Å². The molecule has 5 nitrogen and oxygen atoms in total. The predicted molar refractivity (Wildman–Crippen MR) is 118 cm³/mol. The Morgan fingerprint density at radius 3 is 2.81 bits per heavy atom. The van der Waals surface area contributed by atoms with Gasteiger partial charge in [-0.2, -0.15) is 0 Å². The van der Waals surface area contributed by atoms with Crippen molar-refractivity contribution in [3.05, 3.63) is 34.6 Å². The first-order valence-corrected chi connectivity index (χ1v) is 11.4. The van der Waals surface area contributed by atoms with Crippen molar-refractivity contribution in [2.45, 2.75) is 56.6 Å². The molecule has 0 atom stereocenters. The molecule has 27 heavy (non-hydrogen) atoms. The summed E-state index contributed by atoms with van der Waals surface area (Å²) >= 11 is 13.2. The summed E-state index contributed by atoms with van der Waals surface area (Å²) in [5, 5.41) is 17.6. The van der Waals surface area contributed by atoms with Gasteiger partial charge < -0.3 is 15.2 Å². The van der Waals surface area contributed by atoms with Gasteiger partial charge in [-0.15, -0.1) is 10.2 Å². The highest BCUT2D eigenvalue weighted by molar-refractivity contribution is 7.98. The Balaban J connectivity index is 1.48. The third kappa shape index (κ3) is 5.36. The number of thioether (sulfide) groups is 1. The Hall–Kier alpha value is -1.31. The molecule has 1 aromatic heterocycles. The molecule has 1 saturated carbocycles. The van der Waals surface area contributed by atoms with Crippen LogP contribution in [0.2, 0.25) is 5.02 Å². The number of anilines is 1. The molecule has 3 rings (SSSR count). The van der Waals surface area contributed by atoms with Crippen LogP contribution in [-0.2, 0) is 6.42 Å². The minimum atomic E-state index is 0.569. The number of hydrogen-bond acceptors (Lipinski definition) is 4. The molecule has 1 heterocycles. The van der Waals surface area contributed by atoms with Crippen molar-refractivity contribution < 1.29 is 0 Å². The minimum absolute atomic E-state index is 0.569. The van der Waals surface area contributed by atoms with Gasteiger partial charge in [-0.05, 0) is 62.4 Å². The van der Waals surface area contributed by atoms with E-state index in [9.17, 15) is 0 Å². The fraction of sp³-hybridized carbons (Fsp3) is 0.526. The first-order valence-electron chi connectivity index (χ1n) is 9.37. The van der Waals surface area contributed by atoms with Crippen molar-refractivity contribution in [2.75, 3.05) is 18.1 Å². The van der Waals surface area contributed by atoms with E-state index in [2.05, 4.69) is 31.7 Å². The highest BCUT2D eigenvalue weighted by atomic mass is 35.5. The Morgan fingerprint density at radius 1 is 1.33 bits per heavy atom. The Kier molecular flexibility index (Phi) is 7.38. The Labute approximate surface area is 175 Å². The molecule has 0 unspecified atom stereocenters. The van der Waals surface area contributed by atoms with Gasteiger partial charge in [0.05, 0.1) is 0 Å². The zero-order valence-electron chi connectivity index (χ0n) is 15.8. The normalized spacial score (nSPS) is 14.5. The van der Waals surface area contributed by atoms with Gasteiger partial charge in [0.25, 0.3) is 0 Å². The third-order valence-electron chi connectivity index (χ3n) is 4.90. The molecular formula is C19H26ClN5S2. The van der Waals surface area contributed by atoms with Crippen LogP contribution in [0.15, 0.2) is 23.4 Å². The summed E-state index contributed by atoms with van der Waals surface area (Å²) in [4.78, 5) is 0. The summed E-state index contributed by atoms with van der Waals surface area (Å²) in [6.07, 6.45) is 9.02. The number of hydrogen-bond donors (Lipinski definition) is 2. The summed E-state index contributed by atoms with van der Waals surface area (Å²) in [5.74, 6) is 1.09. The molecule has 2 N–H and O–H groups in total. The number of nitrogens with one attached hydrogen (secondary N) is 2. The summed E-state index contributed by atoms with van der Waals surface area (Å²) in [5.41, 5.74) is 1.95. The summed E-state index contributed by atoms with van der Waals surface area (Å²) in [7, 11) is 0. The molecule has 1 aliphatic rings. The number of thiocarbonyl (C=S) groups is 1. The van der Waals surface area contributed by atoms with Gasteiger partial charge in [0.15, 0.2) is 10.3 Å². The monoisotopic (exact) mass is 423 g/mol. The van der Waals surface area contributed by atoms with E-state index >= 15 is 0 Å². The largest absolute Gasteiger partial charge is 0.362 e. The number of nitrogens with zero attached hydrogens (tertiary/aromatic N) is 3. The van der Waals surface area contributed by atoms with Crippen molar-refractivity contribution in [1.29, 1.82) is 0 Å². The standard InChI is InChI=1S/C19H26ClN5S2/c1-13-9-10-14(12-16(13)20)22-18(26)21-11-5-8-17-23-24-19(27-2)25(17)15-6-3-4-7-15/h9-10,12,15H,3-8,11H2,1-2H3,(H2,21,22,26). The molecule has 0 aliphatic heterocycles. The van der Waals surface area contributed by atoms with Crippen LogP contribution in [0.4, 0.5) is 5.69 Å². The SMILES string of the molecule is CSc1nnc(CCCNC(=S)Nc2ccc(C)c(Cl)c2)n1C1CCCC1. The molecule has 8 heteroatoms. The van der Waals surface area contributed by atoms with Crippen LogP contribution in [0, 0.1) is 6.92 Å². The van der Waals surface area contributed by atoms with Crippen molar-refractivity contribution in [3.63, 3.8) is 0 Å². The van der Waals surface area contributed by atoms with E-state index in [4.69, 9.17) is 23.8 Å². The van der Waals surface area contributed by atoms with Gasteiger partial charge >= 0.3 is 0 Å². The minimum Gasteiger partial charge on any atom is -0.362 e. The average molecular weight is 424 g/mol. The van der Waals surface area contributed by atoms with Crippen LogP contribution < -0.4 is 10.6 Å². The second kappa shape index (κ2) is 9.75. The third-order valence-corrected chi connectivity index (χ3v) is 6.20. The maximum Gasteiger partial charge on any atom is 0.191 e. The van der Waals surface area contributed by atoms with Crippen LogP contribution in [0.1, 0.15) is 49.5 Å². The van der Waals surface area contributed by atoms with Crippen molar-refractivity contribution in [1.82, 2.24) is 20.1 Å². The number of aryl methyl sites for hydroxylation is 2. The van der Waals surface area contributed by atoms with Crippen molar-refractivity contribution >= 4 is 46.4 Å². The Morgan fingerprint density at radius 2 is 2.11 bits per heavy atom. The van der Waals surface area contributed by atoms with E-state index in [1.165, 1.54) is 25.7 Å². The fourth-order valence-corrected chi connectivity index (χ4v) is 4.41. The number of rotatable bonds is 7. The maximum atomic E-state index is 6.15. The smallest absolute Gasteiger partial charge is 0.191 e. The molecule has 0 radical (unpaired) electrons. The van der Waals surface area contributed by atoms with E-state index in [1.807, 2.05) is 25.1 Å². The van der Waals surface area contributed by atoms with Gasteiger partial charge in [-0.25, -0.2) is 0 Å². The molecule has 0 amide bonds. The second-order valence-corrected chi connectivity index (χ2v) is 8.45. The second-order valence-electron chi connectivity index (χ2n) is 6.86. The molecule has 1 aromatic carbocycles. The van der Waals surface area contributed by atoms with E-state index in [-0.39, 0.29) is 0 Å². The lowest BCUT2D eigenvalue weighted by Crippen LogP contribution is -2.29. The van der Waals surface area contributed by atoms with Gasteiger partial charge in [0, 0.05) is 29.7 Å². The zero-order valence-corrected chi connectivity index (χ0v) is 18.2. The van der Waals surface area contributed by atoms with Gasteiger partial charge in [0.1, 0.15) is 5.82 Å². The Bertz CT molecular complexity index is 786. The summed E-state index contributed by atoms with van der Waals surface area (Å²) < 4.78 is 2.36. The lowest BCUT2D eigenvalue weighted by molar-refractivity contribution is 0.460. The lowest BCUT2D eigenvalue weighted by Gasteiger charge is -2.16. The van der Waals surface area contributed by atoms with E-state index in [0.29, 0.717) is 11.2 Å². The zero-order chi connectivity index (χ0) is 19.2. The molecule has 1 aliphatic carbocycles. The first-order chi connectivity index (χ1) is 13.1. The van der Waals surface area contributed by atoms with Crippen LogP contribution in [-0.4, -0.2) is 32.7 Å². The predicted octanol–water partition coefficient (Wildman–Crippen LogP) is 5.00. The van der Waals surface area contributed by atoms with Gasteiger partial charge in [-0.3, -0.25) is 0 Å². The lowest BCUT2D eigenvalue weighted by atomic mass is 10.2. The fourth-order valence-electron chi connectivity index (χ4n) is 3.44. The topological polar surface area (TPSA) is 54.8 Å². The highest BCUT2D eigenvalue weighted by Crippen LogP contribution is 2.33. The number of halogens is 1. The van der Waals surface area contributed by atoms with Crippen LogP contribution in [0.25, 0.3) is 0 Å². The molecule has 0 saturated heterocycles. The molecular weight excluding hydrogens is 398 g/mol. The van der Waals surface area contributed by atoms with Crippen LogP contribution in [0.5, 0.6) is 0 Å². The average Bonchev–Trinajstić information content (AvgIpc) is 3.30. The molecule has 2 aromatic rings. The van der Waals surface area contributed by atoms with Gasteiger partial charge in [0.2, 0.25) is 0 Å². The highest BCUT2D eigenvalue weighted by Gasteiger charge is 2.23. The van der Waals surface area contributed by atoms with Crippen molar-refractivity contribution in [3.8, 4) is 0 Å². The number of benzene rings is 1. The summed E-state index contributed by atoms with van der Waals surface area (Å²) in [6.45, 7) is 2.77. The maximum absolute atomic E-state index is 6.15. The van der Waals surface area contributed by atoms with E-state index < -0.39 is 0 Å². The first kappa shape index (κ1) is 20.4. The quantitative estimate of drug-likeness (QED) is 0.371. The van der Waals surface area contributed by atoms with E-state index in [1.54, 1.807) is 11.8 Å². The molecule has 0 spiro atoms. The van der Waals surface area contributed by atoms with Crippen molar-refractivity contribution in [2.24, 2.45) is 0 Å².